The zero-order chi connectivity index (χ0) is 12.8. The van der Waals surface area contributed by atoms with Gasteiger partial charge in [-0.25, -0.2) is 9.78 Å². The molecule has 0 saturated heterocycles. The van der Waals surface area contributed by atoms with Crippen LogP contribution in [0.2, 0.25) is 5.15 Å². The second kappa shape index (κ2) is 6.30. The number of hydrogen-bond acceptors (Lipinski definition) is 3. The number of nitrogens with zero attached hydrogens (tertiary/aromatic N) is 1. The summed E-state index contributed by atoms with van der Waals surface area (Å²) in [6.45, 7) is 5.03. The number of aromatic nitrogens is 1. The number of rotatable bonds is 5. The van der Waals surface area contributed by atoms with E-state index in [-0.39, 0.29) is 0 Å². The Bertz CT molecular complexity index is 395. The molecule has 1 heterocycles. The van der Waals surface area contributed by atoms with E-state index in [1.54, 1.807) is 12.1 Å². The maximum atomic E-state index is 10.8. The zero-order valence-corrected chi connectivity index (χ0v) is 10.7. The quantitative estimate of drug-likeness (QED) is 0.709. The number of nitrogens with two attached hydrogens (primary N) is 1. The molecule has 0 bridgehead atoms. The maximum Gasteiger partial charge on any atom is 0.316 e. The van der Waals surface area contributed by atoms with Gasteiger partial charge in [-0.05, 0) is 24.5 Å². The Balaban J connectivity index is 2.72. The minimum absolute atomic E-state index is 0.368. The summed E-state index contributed by atoms with van der Waals surface area (Å²) < 4.78 is 0. The summed E-state index contributed by atoms with van der Waals surface area (Å²) in [5, 5.41) is 5.99. The van der Waals surface area contributed by atoms with Crippen molar-refractivity contribution in [1.82, 2.24) is 4.98 Å². The lowest BCUT2D eigenvalue weighted by molar-refractivity contribution is 0.259. The van der Waals surface area contributed by atoms with Gasteiger partial charge in [0.15, 0.2) is 5.82 Å². The van der Waals surface area contributed by atoms with E-state index in [4.69, 9.17) is 17.3 Å². The zero-order valence-electron chi connectivity index (χ0n) is 9.96. The second-order valence-electron chi connectivity index (χ2n) is 4.13. The summed E-state index contributed by atoms with van der Waals surface area (Å²) in [5.74, 6) is 1.13. The molecule has 17 heavy (non-hydrogen) atoms. The molecule has 0 aliphatic carbocycles. The lowest BCUT2D eigenvalue weighted by Crippen LogP contribution is -2.20. The van der Waals surface area contributed by atoms with E-state index in [1.807, 2.05) is 0 Å². The molecule has 0 aliphatic heterocycles. The SMILES string of the molecule is CC(C)CCNc1nc(Cl)ccc1NC(N)=O. The van der Waals surface area contributed by atoms with Gasteiger partial charge in [0, 0.05) is 6.54 Å². The van der Waals surface area contributed by atoms with Crippen molar-refractivity contribution < 1.29 is 4.79 Å². The van der Waals surface area contributed by atoms with Gasteiger partial charge in [0.25, 0.3) is 0 Å². The fraction of sp³-hybridized carbons (Fsp3) is 0.455. The van der Waals surface area contributed by atoms with Crippen molar-refractivity contribution in [2.45, 2.75) is 20.3 Å². The summed E-state index contributed by atoms with van der Waals surface area (Å²) in [5.41, 5.74) is 5.60. The standard InChI is InChI=1S/C11H17ClN4O/c1-7(2)5-6-14-10-8(15-11(13)17)3-4-9(12)16-10/h3-4,7H,5-6H2,1-2H3,(H,14,16)(H3,13,15,17). The molecule has 0 aromatic carbocycles. The maximum absolute atomic E-state index is 10.8. The predicted octanol–water partition coefficient (Wildman–Crippen LogP) is 2.68. The first kappa shape index (κ1) is 13.6. The molecule has 94 valence electrons. The number of amides is 2. The molecule has 0 saturated carbocycles. The number of carbonyl (C=O) groups excluding carboxylic acids is 1. The van der Waals surface area contributed by atoms with Crippen LogP contribution in [0.1, 0.15) is 20.3 Å². The van der Waals surface area contributed by atoms with Crippen LogP contribution in [0.3, 0.4) is 0 Å². The van der Waals surface area contributed by atoms with Crippen LogP contribution in [-0.4, -0.2) is 17.6 Å². The molecule has 6 heteroatoms. The lowest BCUT2D eigenvalue weighted by Gasteiger charge is -2.12. The van der Waals surface area contributed by atoms with E-state index in [2.05, 4.69) is 29.5 Å². The number of halogens is 1. The molecule has 1 aromatic rings. The number of primary amides is 1. The summed E-state index contributed by atoms with van der Waals surface area (Å²) in [4.78, 5) is 14.9. The summed E-state index contributed by atoms with van der Waals surface area (Å²) in [6.07, 6.45) is 1.00. The van der Waals surface area contributed by atoms with Gasteiger partial charge >= 0.3 is 6.03 Å². The summed E-state index contributed by atoms with van der Waals surface area (Å²) >= 11 is 5.80. The molecule has 0 radical (unpaired) electrons. The van der Waals surface area contributed by atoms with Crippen molar-refractivity contribution in [3.63, 3.8) is 0 Å². The van der Waals surface area contributed by atoms with Crippen LogP contribution in [0.25, 0.3) is 0 Å². The number of anilines is 2. The number of hydrogen-bond donors (Lipinski definition) is 3. The Labute approximate surface area is 106 Å². The molecular formula is C11H17ClN4O. The van der Waals surface area contributed by atoms with E-state index >= 15 is 0 Å². The van der Waals surface area contributed by atoms with Crippen molar-refractivity contribution in [3.8, 4) is 0 Å². The van der Waals surface area contributed by atoms with Gasteiger partial charge in [-0.2, -0.15) is 0 Å². The highest BCUT2D eigenvalue weighted by Gasteiger charge is 2.06. The summed E-state index contributed by atoms with van der Waals surface area (Å²) in [7, 11) is 0. The van der Waals surface area contributed by atoms with Crippen LogP contribution in [0.5, 0.6) is 0 Å². The van der Waals surface area contributed by atoms with Crippen molar-refractivity contribution >= 4 is 29.1 Å². The van der Waals surface area contributed by atoms with Crippen molar-refractivity contribution in [2.75, 3.05) is 17.2 Å². The fourth-order valence-electron chi connectivity index (χ4n) is 1.28. The monoisotopic (exact) mass is 256 g/mol. The molecule has 2 amide bonds. The van der Waals surface area contributed by atoms with Crippen molar-refractivity contribution in [2.24, 2.45) is 11.7 Å². The van der Waals surface area contributed by atoms with Gasteiger partial charge < -0.3 is 16.4 Å². The molecule has 0 spiro atoms. The lowest BCUT2D eigenvalue weighted by atomic mass is 10.1. The average molecular weight is 257 g/mol. The topological polar surface area (TPSA) is 80.0 Å². The predicted molar refractivity (Wildman–Crippen MR) is 70.4 cm³/mol. The minimum atomic E-state index is -0.624. The Morgan fingerprint density at radius 2 is 2.24 bits per heavy atom. The molecular weight excluding hydrogens is 240 g/mol. The third kappa shape index (κ3) is 4.91. The highest BCUT2D eigenvalue weighted by molar-refractivity contribution is 6.29. The van der Waals surface area contributed by atoms with E-state index in [1.165, 1.54) is 0 Å². The van der Waals surface area contributed by atoms with Crippen LogP contribution in [-0.2, 0) is 0 Å². The third-order valence-electron chi connectivity index (χ3n) is 2.13. The molecule has 1 rings (SSSR count). The first-order valence-electron chi connectivity index (χ1n) is 5.46. The Hall–Kier alpha value is -1.49. The van der Waals surface area contributed by atoms with Crippen LogP contribution < -0.4 is 16.4 Å². The minimum Gasteiger partial charge on any atom is -0.368 e. The molecule has 1 aromatic heterocycles. The largest absolute Gasteiger partial charge is 0.368 e. The van der Waals surface area contributed by atoms with Crippen LogP contribution >= 0.6 is 11.6 Å². The van der Waals surface area contributed by atoms with Gasteiger partial charge in [0.2, 0.25) is 0 Å². The van der Waals surface area contributed by atoms with E-state index < -0.39 is 6.03 Å². The van der Waals surface area contributed by atoms with E-state index in [9.17, 15) is 4.79 Å². The first-order chi connectivity index (χ1) is 7.99. The third-order valence-corrected chi connectivity index (χ3v) is 2.34. The van der Waals surface area contributed by atoms with Crippen LogP contribution in [0, 0.1) is 5.92 Å². The summed E-state index contributed by atoms with van der Waals surface area (Å²) in [6, 6.07) is 2.64. The Kier molecular flexibility index (Phi) is 5.03. The Morgan fingerprint density at radius 3 is 2.82 bits per heavy atom. The second-order valence-corrected chi connectivity index (χ2v) is 4.52. The molecule has 0 atom stereocenters. The fourth-order valence-corrected chi connectivity index (χ4v) is 1.43. The average Bonchev–Trinajstić information content (AvgIpc) is 2.21. The van der Waals surface area contributed by atoms with Gasteiger partial charge in [-0.3, -0.25) is 0 Å². The Morgan fingerprint density at radius 1 is 1.53 bits per heavy atom. The molecule has 0 fully saturated rings. The molecule has 0 unspecified atom stereocenters. The smallest absolute Gasteiger partial charge is 0.316 e. The van der Waals surface area contributed by atoms with Crippen LogP contribution in [0.4, 0.5) is 16.3 Å². The number of pyridine rings is 1. The van der Waals surface area contributed by atoms with E-state index in [0.29, 0.717) is 22.6 Å². The first-order valence-corrected chi connectivity index (χ1v) is 5.83. The van der Waals surface area contributed by atoms with Gasteiger partial charge in [0.05, 0.1) is 5.69 Å². The van der Waals surface area contributed by atoms with Gasteiger partial charge in [-0.15, -0.1) is 0 Å². The van der Waals surface area contributed by atoms with Gasteiger partial charge in [-0.1, -0.05) is 25.4 Å². The number of carbonyl (C=O) groups is 1. The molecule has 4 N–H and O–H groups in total. The highest BCUT2D eigenvalue weighted by atomic mass is 35.5. The number of nitrogens with one attached hydrogen (secondary N) is 2. The van der Waals surface area contributed by atoms with Crippen LogP contribution in [0.15, 0.2) is 12.1 Å². The van der Waals surface area contributed by atoms with Gasteiger partial charge in [0.1, 0.15) is 5.15 Å². The van der Waals surface area contributed by atoms with Crippen molar-refractivity contribution in [1.29, 1.82) is 0 Å². The highest BCUT2D eigenvalue weighted by Crippen LogP contribution is 2.21. The van der Waals surface area contributed by atoms with E-state index in [0.717, 1.165) is 13.0 Å². The molecule has 5 nitrogen and oxygen atoms in total. The normalized spacial score (nSPS) is 10.4. The number of urea groups is 1. The van der Waals surface area contributed by atoms with Crippen molar-refractivity contribution in [3.05, 3.63) is 17.3 Å². The molecule has 0 aliphatic rings.